The van der Waals surface area contributed by atoms with Crippen LogP contribution in [0, 0.1) is 0 Å². The summed E-state index contributed by atoms with van der Waals surface area (Å²) in [6.07, 6.45) is 9.47. The summed E-state index contributed by atoms with van der Waals surface area (Å²) >= 11 is 0. The number of rotatable bonds is 20. The van der Waals surface area contributed by atoms with Crippen molar-refractivity contribution in [1.82, 2.24) is 0 Å². The Kier molecular flexibility index (Phi) is 20.9. The van der Waals surface area contributed by atoms with E-state index in [9.17, 15) is 10.0 Å². The summed E-state index contributed by atoms with van der Waals surface area (Å²) in [7, 11) is -2.23. The van der Waals surface area contributed by atoms with Crippen LogP contribution in [-0.2, 0) is 10.1 Å². The molecule has 0 N–H and O–H groups in total. The van der Waals surface area contributed by atoms with Crippen LogP contribution in [0.1, 0.15) is 82.9 Å². The monoisotopic (exact) mass is 736 g/mol. The molecule has 0 saturated carbocycles. The van der Waals surface area contributed by atoms with Crippen LogP contribution in [-0.4, -0.2) is 40.4 Å². The van der Waals surface area contributed by atoms with E-state index in [1.807, 2.05) is 117 Å². The van der Waals surface area contributed by atoms with E-state index < -0.39 is 7.32 Å². The van der Waals surface area contributed by atoms with Gasteiger partial charge in [-0.1, -0.05) is 118 Å². The van der Waals surface area contributed by atoms with Gasteiger partial charge in [0.2, 0.25) is 12.4 Å². The van der Waals surface area contributed by atoms with Gasteiger partial charge in [0.25, 0.3) is 0 Å². The Morgan fingerprint density at radius 3 is 1.24 bits per heavy atom. The SMILES string of the molecule is CCCCOc1cccc[n+]1OCC.CCCCOc1cccc[n+]1OCC.[O-]B([O-])OCCCC(c1ccccc1)(c1ccccc1)c1ccccc1. The third-order valence-corrected chi connectivity index (χ3v) is 8.36. The molecule has 0 amide bonds. The first-order chi connectivity index (χ1) is 26.5. The van der Waals surface area contributed by atoms with E-state index in [0.717, 1.165) is 57.1 Å². The minimum absolute atomic E-state index is 0.159. The van der Waals surface area contributed by atoms with Gasteiger partial charge in [-0.05, 0) is 68.4 Å². The van der Waals surface area contributed by atoms with E-state index in [4.69, 9.17) is 23.8 Å². The zero-order chi connectivity index (χ0) is 38.7. The molecule has 0 unspecified atom stereocenters. The highest BCUT2D eigenvalue weighted by Gasteiger charge is 2.35. The molecule has 0 spiro atoms. The van der Waals surface area contributed by atoms with E-state index in [1.165, 1.54) is 16.7 Å². The normalized spacial score (nSPS) is 10.6. The predicted molar refractivity (Wildman–Crippen MR) is 208 cm³/mol. The fourth-order valence-electron chi connectivity index (χ4n) is 5.80. The summed E-state index contributed by atoms with van der Waals surface area (Å²) in [5.41, 5.74) is 3.17. The molecule has 10 heteroatoms. The topological polar surface area (TPSA) is 100 Å². The number of ether oxygens (including phenoxy) is 2. The minimum atomic E-state index is -2.23. The van der Waals surface area contributed by atoms with Gasteiger partial charge in [-0.3, -0.25) is 9.68 Å². The van der Waals surface area contributed by atoms with E-state index >= 15 is 0 Å². The lowest BCUT2D eigenvalue weighted by Gasteiger charge is -2.37. The Morgan fingerprint density at radius 2 is 0.889 bits per heavy atom. The Labute approximate surface area is 322 Å². The van der Waals surface area contributed by atoms with Crippen molar-refractivity contribution >= 4 is 7.32 Å². The summed E-state index contributed by atoms with van der Waals surface area (Å²) < 4.78 is 19.2. The van der Waals surface area contributed by atoms with Crippen LogP contribution in [0.2, 0.25) is 0 Å². The number of hydrogen-bond donors (Lipinski definition) is 0. The number of pyridine rings is 2. The molecule has 2 aromatic heterocycles. The molecule has 3 aromatic carbocycles. The van der Waals surface area contributed by atoms with Gasteiger partial charge in [0, 0.05) is 33.6 Å². The fourth-order valence-corrected chi connectivity index (χ4v) is 5.80. The molecule has 288 valence electrons. The lowest BCUT2D eigenvalue weighted by molar-refractivity contribution is -0.892. The fraction of sp³-hybridized carbons (Fsp3) is 0.364. The van der Waals surface area contributed by atoms with Gasteiger partial charge in [0.05, 0.1) is 32.7 Å². The molecule has 0 saturated heterocycles. The lowest BCUT2D eigenvalue weighted by Crippen LogP contribution is -2.48. The van der Waals surface area contributed by atoms with Crippen molar-refractivity contribution in [3.8, 4) is 11.8 Å². The maximum atomic E-state index is 10.7. The van der Waals surface area contributed by atoms with Crippen LogP contribution in [0.5, 0.6) is 11.8 Å². The van der Waals surface area contributed by atoms with Crippen LogP contribution in [0.4, 0.5) is 0 Å². The van der Waals surface area contributed by atoms with E-state index in [2.05, 4.69) is 50.2 Å². The first-order valence-electron chi connectivity index (χ1n) is 19.1. The van der Waals surface area contributed by atoms with E-state index in [0.29, 0.717) is 19.6 Å². The zero-order valence-electron chi connectivity index (χ0n) is 32.4. The molecule has 54 heavy (non-hydrogen) atoms. The van der Waals surface area contributed by atoms with Crippen molar-refractivity contribution in [2.45, 2.75) is 71.6 Å². The summed E-state index contributed by atoms with van der Waals surface area (Å²) in [5, 5.41) is 21.4. The van der Waals surface area contributed by atoms with Gasteiger partial charge in [0.1, 0.15) is 0 Å². The van der Waals surface area contributed by atoms with Gasteiger partial charge in [-0.15, -0.1) is 0 Å². The minimum Gasteiger partial charge on any atom is -0.871 e. The Bertz CT molecular complexity index is 1510. The van der Waals surface area contributed by atoms with Gasteiger partial charge < -0.3 is 24.2 Å². The molecule has 9 nitrogen and oxygen atoms in total. The van der Waals surface area contributed by atoms with Gasteiger partial charge in [-0.2, -0.15) is 0 Å². The van der Waals surface area contributed by atoms with Gasteiger partial charge in [-0.25, -0.2) is 0 Å². The first-order valence-corrected chi connectivity index (χ1v) is 19.1. The van der Waals surface area contributed by atoms with Crippen LogP contribution < -0.4 is 38.7 Å². The van der Waals surface area contributed by atoms with Crippen LogP contribution in [0.3, 0.4) is 0 Å². The van der Waals surface area contributed by atoms with E-state index in [1.54, 1.807) is 9.46 Å². The second kappa shape index (κ2) is 26.0. The van der Waals surface area contributed by atoms with Crippen molar-refractivity contribution in [3.05, 3.63) is 156 Å². The summed E-state index contributed by atoms with van der Waals surface area (Å²) in [4.78, 5) is 10.7. The van der Waals surface area contributed by atoms with E-state index in [-0.39, 0.29) is 12.0 Å². The molecule has 0 aliphatic heterocycles. The second-order valence-corrected chi connectivity index (χ2v) is 12.2. The summed E-state index contributed by atoms with van der Waals surface area (Å²) in [5.74, 6) is 1.53. The summed E-state index contributed by atoms with van der Waals surface area (Å²) in [6.45, 7) is 11.1. The molecular weight excluding hydrogens is 679 g/mol. The Morgan fingerprint density at radius 1 is 0.500 bits per heavy atom. The molecule has 0 aliphatic carbocycles. The standard InChI is InChI=1S/C22H21BO3.2C11H18NO2/c24-23(25)26-18-10-17-22(19-11-4-1-5-12-19,20-13-6-2-7-14-20)21-15-8-3-9-16-21;2*1-3-5-10-13-11-8-6-7-9-12(11)14-4-2/h1-9,11-16H,10,17-18H2;2*6-9H,3-5,10H2,1-2H3/q-2;2*+1. The molecule has 0 radical (unpaired) electrons. The average Bonchev–Trinajstić information content (AvgIpc) is 3.21. The number of aromatic nitrogens is 2. The maximum Gasteiger partial charge on any atom is 0.416 e. The maximum absolute atomic E-state index is 10.7. The van der Waals surface area contributed by atoms with Gasteiger partial charge in [0.15, 0.2) is 13.2 Å². The highest BCUT2D eigenvalue weighted by molar-refractivity contribution is 6.28. The van der Waals surface area contributed by atoms with Gasteiger partial charge >= 0.3 is 11.8 Å². The third kappa shape index (κ3) is 14.5. The van der Waals surface area contributed by atoms with Crippen LogP contribution in [0.25, 0.3) is 0 Å². The molecule has 0 bridgehead atoms. The highest BCUT2D eigenvalue weighted by atomic mass is 16.7. The molecule has 0 fully saturated rings. The van der Waals surface area contributed by atoms with Crippen molar-refractivity contribution in [2.75, 3.05) is 33.0 Å². The third-order valence-electron chi connectivity index (χ3n) is 8.36. The number of benzene rings is 3. The van der Waals surface area contributed by atoms with Crippen molar-refractivity contribution in [1.29, 1.82) is 0 Å². The molecule has 5 rings (SSSR count). The van der Waals surface area contributed by atoms with Crippen molar-refractivity contribution < 1.29 is 43.3 Å². The lowest BCUT2D eigenvalue weighted by atomic mass is 9.67. The Hall–Kier alpha value is -4.90. The summed E-state index contributed by atoms with van der Waals surface area (Å²) in [6, 6.07) is 42.6. The van der Waals surface area contributed by atoms with Crippen LogP contribution in [0.15, 0.2) is 140 Å². The second-order valence-electron chi connectivity index (χ2n) is 12.2. The molecule has 2 heterocycles. The van der Waals surface area contributed by atoms with Crippen LogP contribution >= 0.6 is 0 Å². The molecule has 5 aromatic rings. The number of hydrogen-bond acceptors (Lipinski definition) is 7. The predicted octanol–water partition coefficient (Wildman–Crippen LogP) is 5.73. The van der Waals surface area contributed by atoms with Crippen molar-refractivity contribution in [3.63, 3.8) is 0 Å². The molecular formula is C44H57BN2O7. The zero-order valence-corrected chi connectivity index (χ0v) is 32.4. The number of unbranched alkanes of at least 4 members (excludes halogenated alkanes) is 2. The first kappa shape index (κ1) is 43.5. The van der Waals surface area contributed by atoms with Crippen molar-refractivity contribution in [2.24, 2.45) is 0 Å². The average molecular weight is 737 g/mol. The molecule has 0 aliphatic rings. The number of nitrogens with zero attached hydrogens (tertiary/aromatic N) is 2. The largest absolute Gasteiger partial charge is 0.871 e. The molecule has 0 atom stereocenters. The smallest absolute Gasteiger partial charge is 0.416 e. The Balaban J connectivity index is 0.000000238. The quantitative estimate of drug-likeness (QED) is 0.0436. The highest BCUT2D eigenvalue weighted by Crippen LogP contribution is 2.42.